The quantitative estimate of drug-likeness (QED) is 0.888. The molecule has 2 N–H and O–H groups in total. The maximum Gasteiger partial charge on any atom is 0.165 e. The van der Waals surface area contributed by atoms with Gasteiger partial charge in [0.15, 0.2) is 11.6 Å². The molecule has 1 saturated carbocycles. The topological polar surface area (TPSA) is 35.2 Å². The number of methoxy groups -OCH3 is 1. The van der Waals surface area contributed by atoms with Crippen molar-refractivity contribution in [2.45, 2.75) is 25.3 Å². The fraction of sp³-hybridized carbons (Fsp3) is 0.500. The fourth-order valence-electron chi connectivity index (χ4n) is 1.95. The van der Waals surface area contributed by atoms with Crippen LogP contribution in [-0.2, 0) is 0 Å². The number of hydrogen-bond donors (Lipinski definition) is 1. The van der Waals surface area contributed by atoms with E-state index in [0.29, 0.717) is 5.92 Å². The zero-order chi connectivity index (χ0) is 10.8. The van der Waals surface area contributed by atoms with Crippen molar-refractivity contribution in [2.24, 2.45) is 11.7 Å². The molecule has 1 aliphatic carbocycles. The number of hydrogen-bond acceptors (Lipinski definition) is 2. The molecule has 2 rings (SSSR count). The van der Waals surface area contributed by atoms with Crippen molar-refractivity contribution in [2.75, 3.05) is 7.11 Å². The number of nitrogens with two attached hydrogens (primary N) is 1. The predicted molar refractivity (Wildman–Crippen MR) is 64.5 cm³/mol. The molecule has 1 aliphatic rings. The van der Waals surface area contributed by atoms with E-state index in [1.807, 2.05) is 0 Å². The molecule has 0 spiro atoms. The van der Waals surface area contributed by atoms with E-state index in [4.69, 9.17) is 10.5 Å². The molecule has 0 aromatic heterocycles. The van der Waals surface area contributed by atoms with E-state index in [-0.39, 0.29) is 30.0 Å². The summed E-state index contributed by atoms with van der Waals surface area (Å²) in [5, 5.41) is 0. The van der Waals surface area contributed by atoms with Gasteiger partial charge in [-0.05, 0) is 36.5 Å². The summed E-state index contributed by atoms with van der Waals surface area (Å²) in [5.41, 5.74) is 7.07. The molecule has 0 amide bonds. The Balaban J connectivity index is 0.00000128. The Labute approximate surface area is 101 Å². The first kappa shape index (κ1) is 13.3. The number of benzene rings is 1. The maximum absolute atomic E-state index is 13.2. The van der Waals surface area contributed by atoms with E-state index < -0.39 is 0 Å². The summed E-state index contributed by atoms with van der Waals surface area (Å²) in [7, 11) is 1.47. The standard InChI is InChI=1S/C12H16FNO.ClH/c1-15-11-7-9(5-6-10(11)13)12(14)8-3-2-4-8;/h5-8,12H,2-4,14H2,1H3;1H/t12-;/m0./s1. The van der Waals surface area contributed by atoms with Gasteiger partial charge in [0.25, 0.3) is 0 Å². The Kier molecular flexibility index (Phi) is 4.56. The van der Waals surface area contributed by atoms with E-state index in [0.717, 1.165) is 5.56 Å². The van der Waals surface area contributed by atoms with Crippen molar-refractivity contribution in [1.82, 2.24) is 0 Å². The molecule has 1 aromatic carbocycles. The zero-order valence-electron chi connectivity index (χ0n) is 9.28. The zero-order valence-corrected chi connectivity index (χ0v) is 10.1. The van der Waals surface area contributed by atoms with Gasteiger partial charge in [-0.15, -0.1) is 12.4 Å². The highest BCUT2D eigenvalue weighted by Gasteiger charge is 2.25. The molecule has 1 fully saturated rings. The van der Waals surface area contributed by atoms with Gasteiger partial charge in [-0.2, -0.15) is 0 Å². The first-order valence-electron chi connectivity index (χ1n) is 5.31. The first-order chi connectivity index (χ1) is 7.22. The van der Waals surface area contributed by atoms with Crippen LogP contribution in [0.15, 0.2) is 18.2 Å². The molecule has 4 heteroatoms. The molecular weight excluding hydrogens is 229 g/mol. The summed E-state index contributed by atoms with van der Waals surface area (Å²) in [6.07, 6.45) is 3.62. The largest absolute Gasteiger partial charge is 0.494 e. The molecule has 2 nitrogen and oxygen atoms in total. The highest BCUT2D eigenvalue weighted by atomic mass is 35.5. The molecule has 1 atom stereocenters. The Morgan fingerprint density at radius 1 is 1.44 bits per heavy atom. The van der Waals surface area contributed by atoms with Gasteiger partial charge in [-0.25, -0.2) is 4.39 Å². The van der Waals surface area contributed by atoms with Crippen molar-refractivity contribution in [3.05, 3.63) is 29.6 Å². The van der Waals surface area contributed by atoms with Crippen LogP contribution in [0.2, 0.25) is 0 Å². The van der Waals surface area contributed by atoms with E-state index >= 15 is 0 Å². The SMILES string of the molecule is COc1cc([C@@H](N)C2CCC2)ccc1F.Cl. The van der Waals surface area contributed by atoms with Crippen LogP contribution in [0, 0.1) is 11.7 Å². The monoisotopic (exact) mass is 245 g/mol. The molecule has 0 unspecified atom stereocenters. The maximum atomic E-state index is 13.2. The molecular formula is C12H17ClFNO. The summed E-state index contributed by atoms with van der Waals surface area (Å²) in [4.78, 5) is 0. The molecule has 1 aromatic rings. The lowest BCUT2D eigenvalue weighted by Gasteiger charge is -2.31. The lowest BCUT2D eigenvalue weighted by Crippen LogP contribution is -2.26. The lowest BCUT2D eigenvalue weighted by atomic mass is 9.77. The van der Waals surface area contributed by atoms with Gasteiger partial charge in [0.2, 0.25) is 0 Å². The van der Waals surface area contributed by atoms with Crippen LogP contribution in [0.25, 0.3) is 0 Å². The minimum atomic E-state index is -0.331. The highest BCUT2D eigenvalue weighted by Crippen LogP contribution is 2.37. The third-order valence-electron chi connectivity index (χ3n) is 3.22. The van der Waals surface area contributed by atoms with Crippen LogP contribution < -0.4 is 10.5 Å². The second-order valence-electron chi connectivity index (χ2n) is 4.11. The highest BCUT2D eigenvalue weighted by molar-refractivity contribution is 5.85. The van der Waals surface area contributed by atoms with Gasteiger partial charge >= 0.3 is 0 Å². The van der Waals surface area contributed by atoms with Gasteiger partial charge in [0, 0.05) is 6.04 Å². The van der Waals surface area contributed by atoms with E-state index in [1.165, 1.54) is 32.4 Å². The molecule has 0 aliphatic heterocycles. The van der Waals surface area contributed by atoms with Crippen LogP contribution >= 0.6 is 12.4 Å². The van der Waals surface area contributed by atoms with Crippen LogP contribution in [0.3, 0.4) is 0 Å². The third-order valence-corrected chi connectivity index (χ3v) is 3.22. The van der Waals surface area contributed by atoms with Crippen molar-refractivity contribution >= 4 is 12.4 Å². The van der Waals surface area contributed by atoms with Gasteiger partial charge in [-0.3, -0.25) is 0 Å². The summed E-state index contributed by atoms with van der Waals surface area (Å²) >= 11 is 0. The molecule has 0 heterocycles. The van der Waals surface area contributed by atoms with Gasteiger partial charge in [0.1, 0.15) is 0 Å². The normalized spacial score (nSPS) is 17.2. The minimum Gasteiger partial charge on any atom is -0.494 e. The average Bonchev–Trinajstić information content (AvgIpc) is 2.15. The van der Waals surface area contributed by atoms with E-state index in [1.54, 1.807) is 12.1 Å². The third kappa shape index (κ3) is 2.47. The second-order valence-corrected chi connectivity index (χ2v) is 4.11. The van der Waals surface area contributed by atoms with E-state index in [2.05, 4.69) is 0 Å². The summed E-state index contributed by atoms with van der Waals surface area (Å²) in [5.74, 6) is 0.504. The molecule has 90 valence electrons. The van der Waals surface area contributed by atoms with Crippen molar-refractivity contribution in [3.8, 4) is 5.75 Å². The summed E-state index contributed by atoms with van der Waals surface area (Å²) in [6, 6.07) is 4.90. The van der Waals surface area contributed by atoms with Gasteiger partial charge in [-0.1, -0.05) is 12.5 Å². The Hall–Kier alpha value is -0.800. The smallest absolute Gasteiger partial charge is 0.165 e. The van der Waals surface area contributed by atoms with Crippen molar-refractivity contribution in [3.63, 3.8) is 0 Å². The van der Waals surface area contributed by atoms with Crippen LogP contribution in [0.5, 0.6) is 5.75 Å². The molecule has 16 heavy (non-hydrogen) atoms. The average molecular weight is 246 g/mol. The number of halogens is 2. The fourth-order valence-corrected chi connectivity index (χ4v) is 1.95. The number of ether oxygens (including phenoxy) is 1. The molecule has 0 radical (unpaired) electrons. The van der Waals surface area contributed by atoms with E-state index in [9.17, 15) is 4.39 Å². The summed E-state index contributed by atoms with van der Waals surface area (Å²) in [6.45, 7) is 0. The molecule has 0 saturated heterocycles. The molecule has 0 bridgehead atoms. The van der Waals surface area contributed by atoms with Gasteiger partial charge in [0.05, 0.1) is 7.11 Å². The van der Waals surface area contributed by atoms with Crippen LogP contribution in [0.4, 0.5) is 4.39 Å². The predicted octanol–water partition coefficient (Wildman–Crippen LogP) is 3.06. The van der Waals surface area contributed by atoms with Crippen LogP contribution in [0.1, 0.15) is 30.9 Å². The van der Waals surface area contributed by atoms with Crippen molar-refractivity contribution in [1.29, 1.82) is 0 Å². The first-order valence-corrected chi connectivity index (χ1v) is 5.31. The minimum absolute atomic E-state index is 0. The second kappa shape index (κ2) is 5.51. The van der Waals surface area contributed by atoms with Gasteiger partial charge < -0.3 is 10.5 Å². The Morgan fingerprint density at radius 2 is 2.12 bits per heavy atom. The lowest BCUT2D eigenvalue weighted by molar-refractivity contribution is 0.263. The Bertz CT molecular complexity index is 355. The van der Waals surface area contributed by atoms with Crippen LogP contribution in [-0.4, -0.2) is 7.11 Å². The van der Waals surface area contributed by atoms with Crippen molar-refractivity contribution < 1.29 is 9.13 Å². The Morgan fingerprint density at radius 3 is 2.62 bits per heavy atom. The summed E-state index contributed by atoms with van der Waals surface area (Å²) < 4.78 is 18.1. The number of rotatable bonds is 3.